The Morgan fingerprint density at radius 3 is 2.54 bits per heavy atom. The van der Waals surface area contributed by atoms with E-state index in [1.807, 2.05) is 54.6 Å². The van der Waals surface area contributed by atoms with Gasteiger partial charge in [0.05, 0.1) is 31.2 Å². The average molecular weight is 375 g/mol. The summed E-state index contributed by atoms with van der Waals surface area (Å²) in [4.78, 5) is 19.3. The zero-order valence-corrected chi connectivity index (χ0v) is 15.8. The zero-order chi connectivity index (χ0) is 19.5. The van der Waals surface area contributed by atoms with E-state index in [-0.39, 0.29) is 12.1 Å². The van der Waals surface area contributed by atoms with Crippen molar-refractivity contribution in [2.45, 2.75) is 12.7 Å². The fourth-order valence-corrected chi connectivity index (χ4v) is 3.38. The summed E-state index contributed by atoms with van der Waals surface area (Å²) in [6.07, 6.45) is 1.32. The predicted octanol–water partition coefficient (Wildman–Crippen LogP) is 3.87. The minimum Gasteiger partial charge on any atom is -0.497 e. The molecule has 6 heteroatoms. The number of methoxy groups -OCH3 is 2. The molecule has 0 bridgehead atoms. The number of hydrogen-bond donors (Lipinski definition) is 1. The van der Waals surface area contributed by atoms with Crippen molar-refractivity contribution >= 4 is 11.6 Å². The summed E-state index contributed by atoms with van der Waals surface area (Å²) in [5.41, 5.74) is 3.14. The van der Waals surface area contributed by atoms with Crippen molar-refractivity contribution in [3.05, 3.63) is 83.7 Å². The van der Waals surface area contributed by atoms with Gasteiger partial charge in [-0.15, -0.1) is 0 Å². The fourth-order valence-electron chi connectivity index (χ4n) is 3.38. The Bertz CT molecular complexity index is 988. The van der Waals surface area contributed by atoms with E-state index in [2.05, 4.69) is 10.3 Å². The second-order valence-corrected chi connectivity index (χ2v) is 6.46. The Hall–Kier alpha value is -3.54. The van der Waals surface area contributed by atoms with Crippen LogP contribution in [0.25, 0.3) is 0 Å². The molecule has 1 amide bonds. The summed E-state index contributed by atoms with van der Waals surface area (Å²) in [5.74, 6) is 1.44. The van der Waals surface area contributed by atoms with Gasteiger partial charge in [-0.25, -0.2) is 0 Å². The Morgan fingerprint density at radius 1 is 1.00 bits per heavy atom. The highest BCUT2D eigenvalue weighted by Crippen LogP contribution is 2.36. The Kier molecular flexibility index (Phi) is 4.85. The normalized spacial score (nSPS) is 15.3. The van der Waals surface area contributed by atoms with Gasteiger partial charge in [-0.05, 0) is 42.0 Å². The van der Waals surface area contributed by atoms with Crippen LogP contribution in [0.4, 0.5) is 5.69 Å². The molecule has 4 rings (SSSR count). The Labute approximate surface area is 163 Å². The van der Waals surface area contributed by atoms with E-state index in [9.17, 15) is 4.79 Å². The largest absolute Gasteiger partial charge is 0.497 e. The van der Waals surface area contributed by atoms with Crippen LogP contribution in [0.15, 0.2) is 66.9 Å². The molecule has 0 aliphatic carbocycles. The maximum absolute atomic E-state index is 13.1. The second-order valence-electron chi connectivity index (χ2n) is 6.46. The highest BCUT2D eigenvalue weighted by Gasteiger charge is 2.38. The SMILES string of the molecule is COc1ccc(CN2C(=O)c3cccnc3C2Nc2ccccc2OC)cc1. The lowest BCUT2D eigenvalue weighted by atomic mass is 10.2. The van der Waals surface area contributed by atoms with Crippen LogP contribution >= 0.6 is 0 Å². The summed E-state index contributed by atoms with van der Waals surface area (Å²) in [5, 5.41) is 3.43. The van der Waals surface area contributed by atoms with E-state index < -0.39 is 0 Å². The van der Waals surface area contributed by atoms with Crippen molar-refractivity contribution in [3.63, 3.8) is 0 Å². The third-order valence-corrected chi connectivity index (χ3v) is 4.81. The van der Waals surface area contributed by atoms with Gasteiger partial charge in [-0.2, -0.15) is 0 Å². The molecule has 1 N–H and O–H groups in total. The first-order chi connectivity index (χ1) is 13.7. The number of nitrogens with zero attached hydrogens (tertiary/aromatic N) is 2. The molecule has 1 aliphatic rings. The molecule has 1 atom stereocenters. The minimum atomic E-state index is -0.387. The van der Waals surface area contributed by atoms with Crippen molar-refractivity contribution in [2.75, 3.05) is 19.5 Å². The highest BCUT2D eigenvalue weighted by molar-refractivity contribution is 5.99. The van der Waals surface area contributed by atoms with Gasteiger partial charge >= 0.3 is 0 Å². The lowest BCUT2D eigenvalue weighted by molar-refractivity contribution is 0.0727. The van der Waals surface area contributed by atoms with Crippen molar-refractivity contribution in [1.82, 2.24) is 9.88 Å². The van der Waals surface area contributed by atoms with Gasteiger partial charge in [0.1, 0.15) is 17.7 Å². The van der Waals surface area contributed by atoms with Crippen molar-refractivity contribution in [3.8, 4) is 11.5 Å². The summed E-state index contributed by atoms with van der Waals surface area (Å²) in [7, 11) is 3.26. The molecule has 2 aromatic carbocycles. The standard InChI is InChI=1S/C22H21N3O3/c1-27-16-11-9-15(10-12-16)14-25-21(20-17(22(25)26)6-5-13-23-20)24-18-7-3-4-8-19(18)28-2/h3-13,21,24H,14H2,1-2H3. The number of carbonyl (C=O) groups excluding carboxylic acids is 1. The third-order valence-electron chi connectivity index (χ3n) is 4.81. The van der Waals surface area contributed by atoms with Crippen LogP contribution < -0.4 is 14.8 Å². The average Bonchev–Trinajstić information content (AvgIpc) is 3.01. The maximum Gasteiger partial charge on any atom is 0.258 e. The van der Waals surface area contributed by atoms with E-state index in [0.717, 1.165) is 17.0 Å². The smallest absolute Gasteiger partial charge is 0.258 e. The van der Waals surface area contributed by atoms with Crippen LogP contribution in [0.2, 0.25) is 0 Å². The summed E-state index contributed by atoms with van der Waals surface area (Å²) < 4.78 is 10.7. The van der Waals surface area contributed by atoms with E-state index in [1.54, 1.807) is 31.4 Å². The van der Waals surface area contributed by atoms with E-state index >= 15 is 0 Å². The molecule has 0 spiro atoms. The first-order valence-electron chi connectivity index (χ1n) is 8.99. The number of aromatic nitrogens is 1. The second kappa shape index (κ2) is 7.60. The summed E-state index contributed by atoms with van der Waals surface area (Å²) >= 11 is 0. The zero-order valence-electron chi connectivity index (χ0n) is 15.8. The number of carbonyl (C=O) groups is 1. The van der Waals surface area contributed by atoms with Crippen LogP contribution in [0.5, 0.6) is 11.5 Å². The van der Waals surface area contributed by atoms with Gasteiger partial charge in [-0.1, -0.05) is 24.3 Å². The van der Waals surface area contributed by atoms with Crippen molar-refractivity contribution < 1.29 is 14.3 Å². The van der Waals surface area contributed by atoms with Crippen molar-refractivity contribution in [2.24, 2.45) is 0 Å². The molecule has 28 heavy (non-hydrogen) atoms. The number of hydrogen-bond acceptors (Lipinski definition) is 5. The monoisotopic (exact) mass is 375 g/mol. The molecule has 2 heterocycles. The van der Waals surface area contributed by atoms with E-state index in [4.69, 9.17) is 9.47 Å². The molecule has 1 aromatic heterocycles. The van der Waals surface area contributed by atoms with Crippen LogP contribution in [-0.2, 0) is 6.54 Å². The third kappa shape index (κ3) is 3.24. The van der Waals surface area contributed by atoms with Crippen LogP contribution in [0, 0.1) is 0 Å². The summed E-state index contributed by atoms with van der Waals surface area (Å²) in [6, 6.07) is 18.9. The number of rotatable bonds is 6. The first-order valence-corrected chi connectivity index (χ1v) is 8.99. The van der Waals surface area contributed by atoms with Crippen molar-refractivity contribution in [1.29, 1.82) is 0 Å². The highest BCUT2D eigenvalue weighted by atomic mass is 16.5. The molecule has 1 unspecified atom stereocenters. The number of nitrogens with one attached hydrogen (secondary N) is 1. The Balaban J connectivity index is 1.68. The predicted molar refractivity (Wildman–Crippen MR) is 106 cm³/mol. The number of fused-ring (bicyclic) bond motifs is 1. The van der Waals surface area contributed by atoms with Gasteiger partial charge in [0.15, 0.2) is 0 Å². The number of ether oxygens (including phenoxy) is 2. The molecule has 3 aromatic rings. The number of amides is 1. The molecule has 6 nitrogen and oxygen atoms in total. The quantitative estimate of drug-likeness (QED) is 0.709. The first kappa shape index (κ1) is 17.9. The van der Waals surface area contributed by atoms with Crippen LogP contribution in [0.3, 0.4) is 0 Å². The van der Waals surface area contributed by atoms with Gasteiger partial charge in [-0.3, -0.25) is 9.78 Å². The number of benzene rings is 2. The van der Waals surface area contributed by atoms with Crippen LogP contribution in [0.1, 0.15) is 27.8 Å². The van der Waals surface area contributed by atoms with Crippen LogP contribution in [-0.4, -0.2) is 30.0 Å². The van der Waals surface area contributed by atoms with Gasteiger partial charge in [0.25, 0.3) is 5.91 Å². The molecule has 0 radical (unpaired) electrons. The number of para-hydroxylation sites is 2. The molecule has 0 fully saturated rings. The lowest BCUT2D eigenvalue weighted by Crippen LogP contribution is -2.32. The molecular weight excluding hydrogens is 354 g/mol. The molecule has 142 valence electrons. The maximum atomic E-state index is 13.1. The van der Waals surface area contributed by atoms with Gasteiger partial charge in [0.2, 0.25) is 0 Å². The molecule has 0 saturated carbocycles. The lowest BCUT2D eigenvalue weighted by Gasteiger charge is -2.27. The molecular formula is C22H21N3O3. The van der Waals surface area contributed by atoms with E-state index in [1.165, 1.54) is 0 Å². The Morgan fingerprint density at radius 2 is 1.79 bits per heavy atom. The molecule has 0 saturated heterocycles. The summed E-state index contributed by atoms with van der Waals surface area (Å²) in [6.45, 7) is 0.450. The van der Waals surface area contributed by atoms with Gasteiger partial charge < -0.3 is 19.7 Å². The fraction of sp³-hybridized carbons (Fsp3) is 0.182. The number of anilines is 1. The minimum absolute atomic E-state index is 0.0497. The van der Waals surface area contributed by atoms with E-state index in [0.29, 0.717) is 23.6 Å². The number of pyridine rings is 1. The topological polar surface area (TPSA) is 63.7 Å². The molecule has 1 aliphatic heterocycles. The van der Waals surface area contributed by atoms with Gasteiger partial charge in [0, 0.05) is 12.7 Å².